The summed E-state index contributed by atoms with van der Waals surface area (Å²) in [6, 6.07) is 6.30. The number of carbonyl (C=O) groups is 1. The van der Waals surface area contributed by atoms with E-state index in [0.717, 1.165) is 18.4 Å². The molecule has 1 aliphatic rings. The molecule has 0 aromatic heterocycles. The van der Waals surface area contributed by atoms with Gasteiger partial charge in [-0.2, -0.15) is 0 Å². The number of hydrogen-bond acceptors (Lipinski definition) is 2. The Labute approximate surface area is 100 Å². The fourth-order valence-electron chi connectivity index (χ4n) is 1.99. The summed E-state index contributed by atoms with van der Waals surface area (Å²) in [6.45, 7) is 1.10. The zero-order valence-corrected chi connectivity index (χ0v) is 9.92. The van der Waals surface area contributed by atoms with E-state index in [9.17, 15) is 9.18 Å². The van der Waals surface area contributed by atoms with Crippen LogP contribution < -0.4 is 10.6 Å². The van der Waals surface area contributed by atoms with Crippen molar-refractivity contribution in [2.24, 2.45) is 5.41 Å². The van der Waals surface area contributed by atoms with Crippen molar-refractivity contribution < 1.29 is 9.18 Å². The summed E-state index contributed by atoms with van der Waals surface area (Å²) < 4.78 is 12.9. The Kier molecular flexibility index (Phi) is 3.43. The zero-order valence-electron chi connectivity index (χ0n) is 9.92. The topological polar surface area (TPSA) is 41.1 Å². The van der Waals surface area contributed by atoms with E-state index >= 15 is 0 Å². The number of rotatable bonds is 5. The number of carbonyl (C=O) groups excluding carboxylic acids is 1. The van der Waals surface area contributed by atoms with E-state index in [0.29, 0.717) is 13.1 Å². The molecule has 17 heavy (non-hydrogen) atoms. The van der Waals surface area contributed by atoms with Gasteiger partial charge in [-0.05, 0) is 37.6 Å². The Morgan fingerprint density at radius 2 is 2.24 bits per heavy atom. The number of amides is 1. The lowest BCUT2D eigenvalue weighted by Gasteiger charge is -2.14. The maximum Gasteiger partial charge on any atom is 0.227 e. The molecule has 0 heterocycles. The normalized spacial score (nSPS) is 16.6. The lowest BCUT2D eigenvalue weighted by Crippen LogP contribution is -2.37. The Morgan fingerprint density at radius 1 is 1.47 bits per heavy atom. The van der Waals surface area contributed by atoms with Gasteiger partial charge in [0.1, 0.15) is 5.82 Å². The molecule has 2 rings (SSSR count). The van der Waals surface area contributed by atoms with Crippen LogP contribution in [-0.2, 0) is 11.3 Å². The first-order valence-corrected chi connectivity index (χ1v) is 5.84. The minimum atomic E-state index is -0.270. The molecule has 1 aromatic carbocycles. The van der Waals surface area contributed by atoms with Crippen LogP contribution >= 0.6 is 0 Å². The average Bonchev–Trinajstić information content (AvgIpc) is 3.08. The van der Waals surface area contributed by atoms with Crippen molar-refractivity contribution in [3.63, 3.8) is 0 Å². The number of benzene rings is 1. The molecule has 0 atom stereocenters. The van der Waals surface area contributed by atoms with Crippen molar-refractivity contribution in [3.8, 4) is 0 Å². The Morgan fingerprint density at radius 3 is 2.82 bits per heavy atom. The van der Waals surface area contributed by atoms with E-state index in [2.05, 4.69) is 10.6 Å². The molecule has 0 radical (unpaired) electrons. The van der Waals surface area contributed by atoms with Gasteiger partial charge in [0, 0.05) is 13.1 Å². The van der Waals surface area contributed by atoms with Gasteiger partial charge in [-0.15, -0.1) is 0 Å². The van der Waals surface area contributed by atoms with Crippen molar-refractivity contribution in [3.05, 3.63) is 35.6 Å². The second kappa shape index (κ2) is 4.84. The summed E-state index contributed by atoms with van der Waals surface area (Å²) in [5.41, 5.74) is 0.570. The van der Waals surface area contributed by atoms with Gasteiger partial charge in [-0.25, -0.2) is 4.39 Å². The van der Waals surface area contributed by atoms with Crippen LogP contribution in [0.4, 0.5) is 4.39 Å². The molecule has 92 valence electrons. The van der Waals surface area contributed by atoms with Crippen molar-refractivity contribution in [1.82, 2.24) is 10.6 Å². The zero-order chi connectivity index (χ0) is 12.3. The van der Waals surface area contributed by atoms with Crippen LogP contribution in [0.3, 0.4) is 0 Å². The largest absolute Gasteiger partial charge is 0.352 e. The van der Waals surface area contributed by atoms with Crippen molar-refractivity contribution in [2.45, 2.75) is 19.4 Å². The second-order valence-corrected chi connectivity index (χ2v) is 4.62. The first kappa shape index (κ1) is 12.0. The maximum atomic E-state index is 12.9. The lowest BCUT2D eigenvalue weighted by atomic mass is 10.1. The molecule has 4 heteroatoms. The molecule has 1 fully saturated rings. The van der Waals surface area contributed by atoms with Gasteiger partial charge in [0.2, 0.25) is 5.91 Å². The van der Waals surface area contributed by atoms with E-state index in [1.807, 2.05) is 7.05 Å². The maximum absolute atomic E-state index is 12.9. The van der Waals surface area contributed by atoms with Gasteiger partial charge in [0.25, 0.3) is 0 Å². The number of hydrogen-bond donors (Lipinski definition) is 2. The minimum absolute atomic E-state index is 0.0658. The Hall–Kier alpha value is -1.42. The van der Waals surface area contributed by atoms with Crippen LogP contribution in [0.2, 0.25) is 0 Å². The lowest BCUT2D eigenvalue weighted by molar-refractivity contribution is -0.126. The third-order valence-corrected chi connectivity index (χ3v) is 3.19. The van der Waals surface area contributed by atoms with E-state index in [4.69, 9.17) is 0 Å². The standard InChI is InChI=1S/C13H17FN2O/c1-15-9-13(5-6-13)12(17)16-8-10-3-2-4-11(14)7-10/h2-4,7,15H,5-6,8-9H2,1H3,(H,16,17). The van der Waals surface area contributed by atoms with Crippen molar-refractivity contribution >= 4 is 5.91 Å². The highest BCUT2D eigenvalue weighted by Crippen LogP contribution is 2.45. The molecular weight excluding hydrogens is 219 g/mol. The highest BCUT2D eigenvalue weighted by atomic mass is 19.1. The number of halogens is 1. The highest BCUT2D eigenvalue weighted by molar-refractivity contribution is 5.85. The molecule has 0 aliphatic heterocycles. The SMILES string of the molecule is CNCC1(C(=O)NCc2cccc(F)c2)CC1. The molecule has 1 aromatic rings. The van der Waals surface area contributed by atoms with Crippen LogP contribution in [-0.4, -0.2) is 19.5 Å². The van der Waals surface area contributed by atoms with Gasteiger partial charge >= 0.3 is 0 Å². The highest BCUT2D eigenvalue weighted by Gasteiger charge is 2.48. The fraction of sp³-hybridized carbons (Fsp3) is 0.462. The molecule has 2 N–H and O–H groups in total. The molecule has 0 unspecified atom stereocenters. The molecule has 3 nitrogen and oxygen atoms in total. The van der Waals surface area contributed by atoms with E-state index < -0.39 is 0 Å². The Balaban J connectivity index is 1.88. The second-order valence-electron chi connectivity index (χ2n) is 4.62. The van der Waals surface area contributed by atoms with Crippen LogP contribution in [0.5, 0.6) is 0 Å². The Bertz CT molecular complexity index is 416. The molecule has 1 saturated carbocycles. The van der Waals surface area contributed by atoms with E-state index in [1.165, 1.54) is 12.1 Å². The van der Waals surface area contributed by atoms with Crippen LogP contribution in [0, 0.1) is 11.2 Å². The summed E-state index contributed by atoms with van der Waals surface area (Å²) >= 11 is 0. The molecule has 1 aliphatic carbocycles. The fourth-order valence-corrected chi connectivity index (χ4v) is 1.99. The molecule has 0 bridgehead atoms. The van der Waals surface area contributed by atoms with Crippen LogP contribution in [0.1, 0.15) is 18.4 Å². The van der Waals surface area contributed by atoms with Gasteiger partial charge in [0.05, 0.1) is 5.41 Å². The molecular formula is C13H17FN2O. The van der Waals surface area contributed by atoms with Crippen molar-refractivity contribution in [2.75, 3.05) is 13.6 Å². The summed E-state index contributed by atoms with van der Waals surface area (Å²) in [6.07, 6.45) is 1.87. The molecule has 0 saturated heterocycles. The quantitative estimate of drug-likeness (QED) is 0.812. The van der Waals surface area contributed by atoms with Crippen molar-refractivity contribution in [1.29, 1.82) is 0 Å². The summed E-state index contributed by atoms with van der Waals surface area (Å²) in [5, 5.41) is 5.91. The summed E-state index contributed by atoms with van der Waals surface area (Å²) in [5.74, 6) is -0.204. The molecule has 1 amide bonds. The summed E-state index contributed by atoms with van der Waals surface area (Å²) in [7, 11) is 1.85. The predicted octanol–water partition coefficient (Wildman–Crippen LogP) is 1.44. The monoisotopic (exact) mass is 236 g/mol. The van der Waals surface area contributed by atoms with Crippen LogP contribution in [0.15, 0.2) is 24.3 Å². The van der Waals surface area contributed by atoms with Gasteiger partial charge in [-0.3, -0.25) is 4.79 Å². The molecule has 0 spiro atoms. The summed E-state index contributed by atoms with van der Waals surface area (Å²) in [4.78, 5) is 11.9. The van der Waals surface area contributed by atoms with Gasteiger partial charge < -0.3 is 10.6 Å². The first-order chi connectivity index (χ1) is 8.16. The first-order valence-electron chi connectivity index (χ1n) is 5.84. The third kappa shape index (κ3) is 2.82. The smallest absolute Gasteiger partial charge is 0.227 e. The average molecular weight is 236 g/mol. The minimum Gasteiger partial charge on any atom is -0.352 e. The third-order valence-electron chi connectivity index (χ3n) is 3.19. The van der Waals surface area contributed by atoms with E-state index in [1.54, 1.807) is 12.1 Å². The number of nitrogens with one attached hydrogen (secondary N) is 2. The van der Waals surface area contributed by atoms with E-state index in [-0.39, 0.29) is 17.1 Å². The van der Waals surface area contributed by atoms with Crippen LogP contribution in [0.25, 0.3) is 0 Å². The van der Waals surface area contributed by atoms with Gasteiger partial charge in [0.15, 0.2) is 0 Å². The predicted molar refractivity (Wildman–Crippen MR) is 63.8 cm³/mol. The van der Waals surface area contributed by atoms with Gasteiger partial charge in [-0.1, -0.05) is 12.1 Å².